The average Bonchev–Trinajstić information content (AvgIpc) is 2.83. The van der Waals surface area contributed by atoms with E-state index in [9.17, 15) is 9.90 Å². The molecular formula is C15H22N2O2S. The Morgan fingerprint density at radius 3 is 3.15 bits per heavy atom. The molecule has 1 aromatic rings. The Hall–Kier alpha value is -0.940. The molecule has 1 amide bonds. The van der Waals surface area contributed by atoms with Gasteiger partial charge in [-0.15, -0.1) is 11.3 Å². The van der Waals surface area contributed by atoms with Gasteiger partial charge >= 0.3 is 0 Å². The third-order valence-electron chi connectivity index (χ3n) is 4.78. The number of aryl methyl sites for hydroxylation is 1. The highest BCUT2D eigenvalue weighted by Crippen LogP contribution is 2.39. The van der Waals surface area contributed by atoms with E-state index in [4.69, 9.17) is 0 Å². The minimum absolute atomic E-state index is 0.155. The van der Waals surface area contributed by atoms with Crippen LogP contribution in [0.5, 0.6) is 0 Å². The molecule has 2 heterocycles. The monoisotopic (exact) mass is 294 g/mol. The molecule has 2 fully saturated rings. The second-order valence-electron chi connectivity index (χ2n) is 6.17. The Bertz CT molecular complexity index is 502. The topological polar surface area (TPSA) is 53.4 Å². The summed E-state index contributed by atoms with van der Waals surface area (Å²) in [7, 11) is 0. The quantitative estimate of drug-likeness (QED) is 0.909. The van der Waals surface area contributed by atoms with E-state index in [0.717, 1.165) is 42.9 Å². The molecule has 110 valence electrons. The zero-order valence-corrected chi connectivity index (χ0v) is 12.8. The lowest BCUT2D eigenvalue weighted by Crippen LogP contribution is -2.54. The number of amides is 1. The van der Waals surface area contributed by atoms with Crippen LogP contribution in [0.3, 0.4) is 0 Å². The first-order valence-corrected chi connectivity index (χ1v) is 8.36. The molecule has 4 nitrogen and oxygen atoms in total. The van der Waals surface area contributed by atoms with Crippen LogP contribution >= 0.6 is 11.3 Å². The Balaban J connectivity index is 1.62. The van der Waals surface area contributed by atoms with Crippen molar-refractivity contribution < 1.29 is 9.90 Å². The zero-order chi connectivity index (χ0) is 14.2. The summed E-state index contributed by atoms with van der Waals surface area (Å²) in [6.45, 7) is 3.37. The molecule has 5 heteroatoms. The summed E-state index contributed by atoms with van der Waals surface area (Å²) in [6, 6.07) is 0. The van der Waals surface area contributed by atoms with Crippen LogP contribution < -0.4 is 0 Å². The van der Waals surface area contributed by atoms with Crippen molar-refractivity contribution in [3.63, 3.8) is 0 Å². The van der Waals surface area contributed by atoms with Crippen LogP contribution in [-0.2, 0) is 11.2 Å². The number of hydrogen-bond acceptors (Lipinski definition) is 4. The molecule has 2 atom stereocenters. The first-order chi connectivity index (χ1) is 9.57. The maximum Gasteiger partial charge on any atom is 0.228 e. The van der Waals surface area contributed by atoms with Gasteiger partial charge in [-0.3, -0.25) is 4.79 Å². The van der Waals surface area contributed by atoms with E-state index in [2.05, 4.69) is 4.98 Å². The van der Waals surface area contributed by atoms with Gasteiger partial charge in [0.25, 0.3) is 0 Å². The number of hydrogen-bond donors (Lipinski definition) is 1. The molecule has 0 aromatic carbocycles. The SMILES string of the molecule is Cc1nc(CC(=O)N2CCC3(O)CCCCC3C2)cs1. The summed E-state index contributed by atoms with van der Waals surface area (Å²) in [6.07, 6.45) is 5.40. The van der Waals surface area contributed by atoms with Crippen LogP contribution in [0.1, 0.15) is 42.8 Å². The van der Waals surface area contributed by atoms with Gasteiger partial charge in [0.2, 0.25) is 5.91 Å². The lowest BCUT2D eigenvalue weighted by Gasteiger charge is -2.47. The largest absolute Gasteiger partial charge is 0.389 e. The smallest absolute Gasteiger partial charge is 0.228 e. The van der Waals surface area contributed by atoms with Gasteiger partial charge in [0.15, 0.2) is 0 Å². The van der Waals surface area contributed by atoms with Crippen molar-refractivity contribution in [3.8, 4) is 0 Å². The Kier molecular flexibility index (Phi) is 3.82. The number of thiazole rings is 1. The maximum absolute atomic E-state index is 12.4. The Morgan fingerprint density at radius 1 is 1.55 bits per heavy atom. The van der Waals surface area contributed by atoms with Crippen molar-refractivity contribution in [1.82, 2.24) is 9.88 Å². The molecule has 2 unspecified atom stereocenters. The molecule has 1 saturated heterocycles. The van der Waals surface area contributed by atoms with Crippen LogP contribution in [0.15, 0.2) is 5.38 Å². The Labute approximate surface area is 123 Å². The predicted octanol–water partition coefficient (Wildman–Crippen LogP) is 2.15. The predicted molar refractivity (Wildman–Crippen MR) is 78.7 cm³/mol. The fourth-order valence-corrected chi connectivity index (χ4v) is 4.17. The molecule has 0 radical (unpaired) electrons. The maximum atomic E-state index is 12.4. The fourth-order valence-electron chi connectivity index (χ4n) is 3.55. The molecular weight excluding hydrogens is 272 g/mol. The summed E-state index contributed by atoms with van der Waals surface area (Å²) >= 11 is 1.59. The molecule has 20 heavy (non-hydrogen) atoms. The average molecular weight is 294 g/mol. The Morgan fingerprint density at radius 2 is 2.40 bits per heavy atom. The normalized spacial score (nSPS) is 30.1. The molecule has 1 saturated carbocycles. The third-order valence-corrected chi connectivity index (χ3v) is 5.60. The number of rotatable bonds is 2. The minimum Gasteiger partial charge on any atom is -0.389 e. The number of nitrogens with zero attached hydrogens (tertiary/aromatic N) is 2. The van der Waals surface area contributed by atoms with Gasteiger partial charge in [-0.05, 0) is 26.2 Å². The lowest BCUT2D eigenvalue weighted by molar-refractivity contribution is -0.142. The van der Waals surface area contributed by atoms with Crippen LogP contribution in [0.4, 0.5) is 0 Å². The number of piperidine rings is 1. The van der Waals surface area contributed by atoms with Gasteiger partial charge in [0.05, 0.1) is 22.7 Å². The van der Waals surface area contributed by atoms with E-state index in [-0.39, 0.29) is 11.8 Å². The number of carbonyl (C=O) groups excluding carboxylic acids is 1. The second-order valence-corrected chi connectivity index (χ2v) is 7.23. The van der Waals surface area contributed by atoms with E-state index in [1.807, 2.05) is 17.2 Å². The highest BCUT2D eigenvalue weighted by atomic mass is 32.1. The molecule has 0 spiro atoms. The van der Waals surface area contributed by atoms with Crippen LogP contribution in [0, 0.1) is 12.8 Å². The third kappa shape index (κ3) is 2.74. The van der Waals surface area contributed by atoms with E-state index < -0.39 is 5.60 Å². The molecule has 0 bridgehead atoms. The molecule has 3 rings (SSSR count). The van der Waals surface area contributed by atoms with Gasteiger partial charge in [0.1, 0.15) is 0 Å². The number of aliphatic hydroxyl groups is 1. The van der Waals surface area contributed by atoms with Crippen LogP contribution in [-0.4, -0.2) is 39.6 Å². The number of carbonyl (C=O) groups is 1. The highest BCUT2D eigenvalue weighted by molar-refractivity contribution is 7.09. The summed E-state index contributed by atoms with van der Waals surface area (Å²) in [5.41, 5.74) is 0.369. The van der Waals surface area contributed by atoms with Gasteiger partial charge in [0, 0.05) is 24.4 Å². The van der Waals surface area contributed by atoms with E-state index >= 15 is 0 Å². The lowest BCUT2D eigenvalue weighted by atomic mass is 9.71. The van der Waals surface area contributed by atoms with Crippen molar-refractivity contribution in [3.05, 3.63) is 16.1 Å². The van der Waals surface area contributed by atoms with Gasteiger partial charge in [-0.2, -0.15) is 0 Å². The van der Waals surface area contributed by atoms with Gasteiger partial charge in [-0.1, -0.05) is 12.8 Å². The molecule has 2 aliphatic rings. The highest BCUT2D eigenvalue weighted by Gasteiger charge is 2.43. The van der Waals surface area contributed by atoms with Crippen molar-refractivity contribution in [2.45, 2.75) is 51.0 Å². The molecule has 1 aliphatic heterocycles. The van der Waals surface area contributed by atoms with Crippen LogP contribution in [0.25, 0.3) is 0 Å². The molecule has 1 N–H and O–H groups in total. The standard InChI is InChI=1S/C15H22N2O2S/c1-11-16-13(10-20-11)8-14(18)17-7-6-15(19)5-3-2-4-12(15)9-17/h10,12,19H,2-9H2,1H3. The van der Waals surface area contributed by atoms with Crippen molar-refractivity contribution in [2.75, 3.05) is 13.1 Å². The van der Waals surface area contributed by atoms with Gasteiger partial charge in [-0.25, -0.2) is 4.98 Å². The fraction of sp³-hybridized carbons (Fsp3) is 0.733. The second kappa shape index (κ2) is 5.45. The van der Waals surface area contributed by atoms with Gasteiger partial charge < -0.3 is 10.0 Å². The summed E-state index contributed by atoms with van der Waals surface area (Å²) in [5, 5.41) is 13.6. The van der Waals surface area contributed by atoms with E-state index in [1.54, 1.807) is 11.3 Å². The number of aromatic nitrogens is 1. The van der Waals surface area contributed by atoms with E-state index in [0.29, 0.717) is 13.0 Å². The first-order valence-electron chi connectivity index (χ1n) is 7.48. The summed E-state index contributed by atoms with van der Waals surface area (Å²) in [4.78, 5) is 18.7. The van der Waals surface area contributed by atoms with Crippen molar-refractivity contribution in [1.29, 1.82) is 0 Å². The van der Waals surface area contributed by atoms with E-state index in [1.165, 1.54) is 6.42 Å². The number of fused-ring (bicyclic) bond motifs is 1. The number of likely N-dealkylation sites (tertiary alicyclic amines) is 1. The summed E-state index contributed by atoms with van der Waals surface area (Å²) < 4.78 is 0. The molecule has 1 aliphatic carbocycles. The van der Waals surface area contributed by atoms with Crippen molar-refractivity contribution in [2.24, 2.45) is 5.92 Å². The first kappa shape index (κ1) is 14.0. The zero-order valence-electron chi connectivity index (χ0n) is 12.0. The van der Waals surface area contributed by atoms with Crippen molar-refractivity contribution >= 4 is 17.2 Å². The molecule has 1 aromatic heterocycles. The summed E-state index contributed by atoms with van der Waals surface area (Å²) in [5.74, 6) is 0.425. The minimum atomic E-state index is -0.508. The van der Waals surface area contributed by atoms with Crippen LogP contribution in [0.2, 0.25) is 0 Å².